The normalized spacial score (nSPS) is 11.6. The molecular weight excluding hydrogens is 276 g/mol. The van der Waals surface area contributed by atoms with Crippen LogP contribution in [0.15, 0.2) is 11.2 Å². The number of hydrogen-bond donors (Lipinski definition) is 1. The first-order valence-electron chi connectivity index (χ1n) is 4.22. The van der Waals surface area contributed by atoms with Crippen LogP contribution in [0.3, 0.4) is 0 Å². The van der Waals surface area contributed by atoms with E-state index in [2.05, 4.69) is 14.9 Å². The Morgan fingerprint density at radius 2 is 2.11 bits per heavy atom. The van der Waals surface area contributed by atoms with E-state index in [1.165, 1.54) is 0 Å². The third-order valence-corrected chi connectivity index (χ3v) is 2.75. The number of methoxy groups -OCH3 is 1. The number of nitrogens with zero attached hydrogens (tertiary/aromatic N) is 2. The van der Waals surface area contributed by atoms with Crippen LogP contribution in [0.4, 0.5) is 14.5 Å². The standard InChI is InChI=1S/C7H7F2N3O5S/c1-17-3-2-11-7(18(10,15)16)5(12(13)14)4(3)6(8)9/h2,6H,1H3,(H2,10,15,16). The number of sulfonamides is 1. The van der Waals surface area contributed by atoms with E-state index in [9.17, 15) is 27.3 Å². The third kappa shape index (κ3) is 2.51. The first-order valence-corrected chi connectivity index (χ1v) is 5.77. The summed E-state index contributed by atoms with van der Waals surface area (Å²) in [6, 6.07) is 0. The summed E-state index contributed by atoms with van der Waals surface area (Å²) < 4.78 is 52.1. The van der Waals surface area contributed by atoms with E-state index in [-0.39, 0.29) is 0 Å². The maximum atomic E-state index is 12.8. The zero-order chi connectivity index (χ0) is 14.1. The van der Waals surface area contributed by atoms with E-state index in [1.807, 2.05) is 0 Å². The molecule has 0 fully saturated rings. The Balaban J connectivity index is 3.80. The first-order chi connectivity index (χ1) is 8.20. The predicted molar refractivity (Wildman–Crippen MR) is 53.8 cm³/mol. The van der Waals surface area contributed by atoms with Crippen molar-refractivity contribution in [2.75, 3.05) is 7.11 Å². The van der Waals surface area contributed by atoms with Gasteiger partial charge >= 0.3 is 5.69 Å². The van der Waals surface area contributed by atoms with E-state index in [1.54, 1.807) is 0 Å². The van der Waals surface area contributed by atoms with Crippen LogP contribution in [0.5, 0.6) is 5.75 Å². The van der Waals surface area contributed by atoms with Gasteiger partial charge < -0.3 is 4.74 Å². The second-order valence-corrected chi connectivity index (χ2v) is 4.47. The molecule has 0 amide bonds. The molecule has 18 heavy (non-hydrogen) atoms. The van der Waals surface area contributed by atoms with Crippen molar-refractivity contribution in [3.8, 4) is 5.75 Å². The molecule has 11 heteroatoms. The van der Waals surface area contributed by atoms with Crippen molar-refractivity contribution >= 4 is 15.7 Å². The van der Waals surface area contributed by atoms with Gasteiger partial charge in [0.2, 0.25) is 5.03 Å². The molecule has 1 aromatic rings. The Bertz CT molecular complexity index is 589. The number of hydrogen-bond acceptors (Lipinski definition) is 6. The minimum atomic E-state index is -4.60. The van der Waals surface area contributed by atoms with Gasteiger partial charge in [-0.15, -0.1) is 0 Å². The zero-order valence-corrected chi connectivity index (χ0v) is 9.65. The number of nitro groups is 1. The summed E-state index contributed by atoms with van der Waals surface area (Å²) in [6.45, 7) is 0. The van der Waals surface area contributed by atoms with Gasteiger partial charge in [-0.3, -0.25) is 10.1 Å². The molecule has 1 rings (SSSR count). The maximum absolute atomic E-state index is 12.8. The van der Waals surface area contributed by atoms with Crippen LogP contribution in [-0.2, 0) is 10.0 Å². The van der Waals surface area contributed by atoms with E-state index in [4.69, 9.17) is 0 Å². The lowest BCUT2D eigenvalue weighted by Gasteiger charge is -2.09. The number of primary sulfonamides is 1. The van der Waals surface area contributed by atoms with Gasteiger partial charge in [0.15, 0.2) is 5.75 Å². The lowest BCUT2D eigenvalue weighted by molar-refractivity contribution is -0.389. The smallest absolute Gasteiger partial charge is 0.320 e. The minimum absolute atomic E-state index is 0.593. The Labute approximate surface area is 99.6 Å². The molecule has 0 saturated carbocycles. The van der Waals surface area contributed by atoms with E-state index < -0.39 is 43.4 Å². The molecule has 1 aromatic heterocycles. The molecular formula is C7H7F2N3O5S. The second kappa shape index (κ2) is 4.78. The molecule has 100 valence electrons. The first kappa shape index (κ1) is 14.2. The maximum Gasteiger partial charge on any atom is 0.320 e. The highest BCUT2D eigenvalue weighted by Crippen LogP contribution is 2.39. The van der Waals surface area contributed by atoms with Crippen LogP contribution >= 0.6 is 0 Å². The van der Waals surface area contributed by atoms with Gasteiger partial charge in [-0.05, 0) is 0 Å². The number of ether oxygens (including phenoxy) is 1. The molecule has 8 nitrogen and oxygen atoms in total. The Hall–Kier alpha value is -1.88. The highest BCUT2D eigenvalue weighted by Gasteiger charge is 2.35. The van der Waals surface area contributed by atoms with Crippen LogP contribution < -0.4 is 9.88 Å². The van der Waals surface area contributed by atoms with Crippen molar-refractivity contribution in [2.24, 2.45) is 5.14 Å². The molecule has 0 spiro atoms. The van der Waals surface area contributed by atoms with E-state index in [0.29, 0.717) is 6.20 Å². The van der Waals surface area contributed by atoms with Gasteiger partial charge in [0.25, 0.3) is 16.4 Å². The molecule has 0 aliphatic heterocycles. The van der Waals surface area contributed by atoms with Crippen molar-refractivity contribution < 1.29 is 26.9 Å². The Morgan fingerprint density at radius 1 is 1.56 bits per heavy atom. The zero-order valence-electron chi connectivity index (χ0n) is 8.83. The lowest BCUT2D eigenvalue weighted by Crippen LogP contribution is -2.17. The summed E-state index contributed by atoms with van der Waals surface area (Å²) in [6.07, 6.45) is -2.68. The topological polar surface area (TPSA) is 125 Å². The lowest BCUT2D eigenvalue weighted by atomic mass is 10.2. The number of aromatic nitrogens is 1. The largest absolute Gasteiger partial charge is 0.494 e. The number of nitrogens with two attached hydrogens (primary N) is 1. The van der Waals surface area contributed by atoms with Gasteiger partial charge in [0, 0.05) is 0 Å². The number of alkyl halides is 2. The Morgan fingerprint density at radius 3 is 2.44 bits per heavy atom. The SMILES string of the molecule is COc1cnc(S(N)(=O)=O)c([N+](=O)[O-])c1C(F)F. The fourth-order valence-corrected chi connectivity index (χ4v) is 1.89. The number of halogens is 2. The third-order valence-electron chi connectivity index (χ3n) is 1.91. The average Bonchev–Trinajstić information content (AvgIpc) is 2.25. The van der Waals surface area contributed by atoms with Gasteiger partial charge in [0.05, 0.1) is 18.2 Å². The fraction of sp³-hybridized carbons (Fsp3) is 0.286. The van der Waals surface area contributed by atoms with Crippen molar-refractivity contribution in [1.29, 1.82) is 0 Å². The van der Waals surface area contributed by atoms with Crippen LogP contribution in [-0.4, -0.2) is 25.4 Å². The highest BCUT2D eigenvalue weighted by molar-refractivity contribution is 7.89. The summed E-state index contributed by atoms with van der Waals surface area (Å²) in [5.74, 6) is -0.593. The van der Waals surface area contributed by atoms with Gasteiger partial charge in [-0.2, -0.15) is 0 Å². The fourth-order valence-electron chi connectivity index (χ4n) is 1.24. The van der Waals surface area contributed by atoms with Crippen LogP contribution in [0.2, 0.25) is 0 Å². The second-order valence-electron chi connectivity index (χ2n) is 3.00. The molecule has 0 atom stereocenters. The van der Waals surface area contributed by atoms with Crippen LogP contribution in [0.1, 0.15) is 12.0 Å². The van der Waals surface area contributed by atoms with Crippen LogP contribution in [0, 0.1) is 10.1 Å². The molecule has 0 unspecified atom stereocenters. The van der Waals surface area contributed by atoms with Crippen LogP contribution in [0.25, 0.3) is 0 Å². The Kier molecular flexibility index (Phi) is 3.76. The van der Waals surface area contributed by atoms with E-state index >= 15 is 0 Å². The molecule has 0 bridgehead atoms. The van der Waals surface area contributed by atoms with Gasteiger partial charge in [0.1, 0.15) is 5.56 Å². The highest BCUT2D eigenvalue weighted by atomic mass is 32.2. The minimum Gasteiger partial charge on any atom is -0.494 e. The molecule has 0 aliphatic rings. The van der Waals surface area contributed by atoms with Crippen molar-refractivity contribution in [1.82, 2.24) is 4.98 Å². The molecule has 0 aromatic carbocycles. The molecule has 0 aliphatic carbocycles. The average molecular weight is 283 g/mol. The summed E-state index contributed by atoms with van der Waals surface area (Å²) in [5, 5.41) is 14.2. The van der Waals surface area contributed by atoms with E-state index in [0.717, 1.165) is 7.11 Å². The summed E-state index contributed by atoms with van der Waals surface area (Å²) in [7, 11) is -3.61. The predicted octanol–water partition coefficient (Wildman–Crippen LogP) is 0.583. The molecule has 2 N–H and O–H groups in total. The van der Waals surface area contributed by atoms with Gasteiger partial charge in [-0.1, -0.05) is 0 Å². The van der Waals surface area contributed by atoms with Crippen molar-refractivity contribution in [3.63, 3.8) is 0 Å². The number of pyridine rings is 1. The summed E-state index contributed by atoms with van der Waals surface area (Å²) in [4.78, 5) is 12.6. The molecule has 1 heterocycles. The summed E-state index contributed by atoms with van der Waals surface area (Å²) in [5.41, 5.74) is -2.56. The van der Waals surface area contributed by atoms with Crippen molar-refractivity contribution in [2.45, 2.75) is 11.5 Å². The quantitative estimate of drug-likeness (QED) is 0.636. The molecule has 0 saturated heterocycles. The van der Waals surface area contributed by atoms with Gasteiger partial charge in [-0.25, -0.2) is 27.3 Å². The molecule has 0 radical (unpaired) electrons. The number of rotatable bonds is 4. The monoisotopic (exact) mass is 283 g/mol. The van der Waals surface area contributed by atoms with Crippen molar-refractivity contribution in [3.05, 3.63) is 21.9 Å². The summed E-state index contributed by atoms with van der Waals surface area (Å²) >= 11 is 0.